The summed E-state index contributed by atoms with van der Waals surface area (Å²) in [6.07, 6.45) is 1.70. The first-order valence-electron chi connectivity index (χ1n) is 5.59. The summed E-state index contributed by atoms with van der Waals surface area (Å²) in [5, 5.41) is 12.7. The molecule has 1 heterocycles. The molecule has 3 N–H and O–H groups in total. The Kier molecular flexibility index (Phi) is 4.98. The molecule has 0 fully saturated rings. The van der Waals surface area contributed by atoms with Gasteiger partial charge in [0.1, 0.15) is 0 Å². The molecule has 1 rings (SSSR count). The molecule has 5 nitrogen and oxygen atoms in total. The number of hydrogen-bond donors (Lipinski definition) is 3. The molecule has 0 aromatic carbocycles. The predicted octanol–water partition coefficient (Wildman–Crippen LogP) is 0.832. The molecule has 16 heavy (non-hydrogen) atoms. The second-order valence-electron chi connectivity index (χ2n) is 4.31. The third-order valence-corrected chi connectivity index (χ3v) is 2.27. The Morgan fingerprint density at radius 1 is 1.50 bits per heavy atom. The third kappa shape index (κ3) is 4.44. The number of nitrogens with one attached hydrogen (secondary N) is 3. The normalized spacial score (nSPS) is 12.8. The van der Waals surface area contributed by atoms with E-state index in [1.165, 1.54) is 0 Å². The van der Waals surface area contributed by atoms with Crippen molar-refractivity contribution in [2.24, 2.45) is 5.92 Å². The van der Waals surface area contributed by atoms with Crippen molar-refractivity contribution in [1.82, 2.24) is 20.8 Å². The number of aromatic nitrogens is 2. The lowest BCUT2D eigenvalue weighted by Gasteiger charge is -2.12. The van der Waals surface area contributed by atoms with E-state index in [2.05, 4.69) is 34.7 Å². The van der Waals surface area contributed by atoms with E-state index in [0.29, 0.717) is 12.5 Å². The number of carbonyl (C=O) groups is 1. The molecular weight excluding hydrogens is 204 g/mol. The van der Waals surface area contributed by atoms with Gasteiger partial charge in [0.25, 0.3) is 0 Å². The van der Waals surface area contributed by atoms with Crippen molar-refractivity contribution in [3.63, 3.8) is 0 Å². The maximum atomic E-state index is 11.4. The third-order valence-electron chi connectivity index (χ3n) is 2.27. The molecule has 1 aromatic heterocycles. The van der Waals surface area contributed by atoms with Crippen LogP contribution in [0.25, 0.3) is 0 Å². The van der Waals surface area contributed by atoms with Crippen molar-refractivity contribution in [3.8, 4) is 0 Å². The molecule has 5 heteroatoms. The van der Waals surface area contributed by atoms with E-state index in [1.807, 2.05) is 13.0 Å². The number of aromatic amines is 1. The van der Waals surface area contributed by atoms with Gasteiger partial charge in [-0.3, -0.25) is 9.89 Å². The Morgan fingerprint density at radius 2 is 2.25 bits per heavy atom. The first-order valence-corrected chi connectivity index (χ1v) is 5.59. The van der Waals surface area contributed by atoms with Crippen molar-refractivity contribution in [1.29, 1.82) is 0 Å². The Labute approximate surface area is 96.0 Å². The van der Waals surface area contributed by atoms with E-state index in [0.717, 1.165) is 12.2 Å². The lowest BCUT2D eigenvalue weighted by molar-refractivity contribution is -0.120. The van der Waals surface area contributed by atoms with Gasteiger partial charge in [-0.05, 0) is 18.9 Å². The Morgan fingerprint density at radius 3 is 2.81 bits per heavy atom. The summed E-state index contributed by atoms with van der Waals surface area (Å²) in [6, 6.07) is 2.00. The smallest absolute Gasteiger partial charge is 0.233 e. The highest BCUT2D eigenvalue weighted by molar-refractivity contribution is 5.78. The van der Waals surface area contributed by atoms with Crippen LogP contribution in [0.3, 0.4) is 0 Å². The van der Waals surface area contributed by atoms with Crippen LogP contribution in [-0.4, -0.2) is 29.2 Å². The maximum Gasteiger partial charge on any atom is 0.233 e. The van der Waals surface area contributed by atoms with E-state index in [-0.39, 0.29) is 11.9 Å². The fraction of sp³-hybridized carbons (Fsp3) is 0.636. The molecule has 90 valence electrons. The summed E-state index contributed by atoms with van der Waals surface area (Å²) >= 11 is 0. The predicted molar refractivity (Wildman–Crippen MR) is 62.9 cm³/mol. The van der Waals surface area contributed by atoms with Crippen LogP contribution in [0.4, 0.5) is 0 Å². The lowest BCUT2D eigenvalue weighted by Crippen LogP contribution is -2.36. The molecule has 0 aliphatic heterocycles. The largest absolute Gasteiger partial charge is 0.355 e. The molecule has 0 aliphatic rings. The maximum absolute atomic E-state index is 11.4. The SMILES string of the molecule is CC(C)CNC(=O)CNC(C)c1ccn[nH]1. The van der Waals surface area contributed by atoms with Gasteiger partial charge in [0.15, 0.2) is 0 Å². The minimum absolute atomic E-state index is 0.0278. The molecule has 0 saturated carbocycles. The van der Waals surface area contributed by atoms with Gasteiger partial charge < -0.3 is 10.6 Å². The summed E-state index contributed by atoms with van der Waals surface area (Å²) in [7, 11) is 0. The summed E-state index contributed by atoms with van der Waals surface area (Å²) in [4.78, 5) is 11.4. The first kappa shape index (κ1) is 12.7. The van der Waals surface area contributed by atoms with Crippen LogP contribution < -0.4 is 10.6 Å². The van der Waals surface area contributed by atoms with Crippen LogP contribution in [0, 0.1) is 5.92 Å². The highest BCUT2D eigenvalue weighted by atomic mass is 16.1. The quantitative estimate of drug-likeness (QED) is 0.670. The molecule has 0 aliphatic carbocycles. The zero-order chi connectivity index (χ0) is 12.0. The van der Waals surface area contributed by atoms with Gasteiger partial charge >= 0.3 is 0 Å². The number of H-pyrrole nitrogens is 1. The van der Waals surface area contributed by atoms with E-state index in [4.69, 9.17) is 0 Å². The van der Waals surface area contributed by atoms with Crippen LogP contribution in [-0.2, 0) is 4.79 Å². The standard InChI is InChI=1S/C11H20N4O/c1-8(2)6-13-11(16)7-12-9(3)10-4-5-14-15-10/h4-5,8-9,12H,6-7H2,1-3H3,(H,13,16)(H,14,15). The minimum Gasteiger partial charge on any atom is -0.355 e. The van der Waals surface area contributed by atoms with Gasteiger partial charge in [0, 0.05) is 18.8 Å². The Hall–Kier alpha value is -1.36. The lowest BCUT2D eigenvalue weighted by atomic mass is 10.2. The summed E-state index contributed by atoms with van der Waals surface area (Å²) in [5.41, 5.74) is 0.983. The molecule has 1 aromatic rings. The highest BCUT2D eigenvalue weighted by Gasteiger charge is 2.08. The number of rotatable bonds is 6. The van der Waals surface area contributed by atoms with Crippen LogP contribution in [0.15, 0.2) is 12.3 Å². The van der Waals surface area contributed by atoms with E-state index >= 15 is 0 Å². The Bertz CT molecular complexity index is 308. The van der Waals surface area contributed by atoms with Crippen molar-refractivity contribution >= 4 is 5.91 Å². The fourth-order valence-corrected chi connectivity index (χ4v) is 1.24. The van der Waals surface area contributed by atoms with Crippen molar-refractivity contribution < 1.29 is 4.79 Å². The average Bonchev–Trinajstić information content (AvgIpc) is 2.76. The molecule has 1 unspecified atom stereocenters. The topological polar surface area (TPSA) is 69.8 Å². The second kappa shape index (κ2) is 6.27. The monoisotopic (exact) mass is 224 g/mol. The van der Waals surface area contributed by atoms with Crippen molar-refractivity contribution in [2.45, 2.75) is 26.8 Å². The highest BCUT2D eigenvalue weighted by Crippen LogP contribution is 2.05. The van der Waals surface area contributed by atoms with Crippen LogP contribution in [0.1, 0.15) is 32.5 Å². The van der Waals surface area contributed by atoms with Gasteiger partial charge in [-0.25, -0.2) is 0 Å². The van der Waals surface area contributed by atoms with Gasteiger partial charge in [-0.2, -0.15) is 5.10 Å². The summed E-state index contributed by atoms with van der Waals surface area (Å²) in [5.74, 6) is 0.508. The zero-order valence-corrected chi connectivity index (χ0v) is 10.1. The molecule has 1 amide bonds. The molecule has 0 spiro atoms. The number of nitrogens with zero attached hydrogens (tertiary/aromatic N) is 1. The summed E-state index contributed by atoms with van der Waals surface area (Å²) in [6.45, 7) is 7.18. The average molecular weight is 224 g/mol. The second-order valence-corrected chi connectivity index (χ2v) is 4.31. The first-order chi connectivity index (χ1) is 7.59. The molecular formula is C11H20N4O. The minimum atomic E-state index is 0.0278. The van der Waals surface area contributed by atoms with Gasteiger partial charge in [0.05, 0.1) is 12.2 Å². The molecule has 0 radical (unpaired) electrons. The number of carbonyl (C=O) groups excluding carboxylic acids is 1. The van der Waals surface area contributed by atoms with E-state index in [1.54, 1.807) is 6.20 Å². The van der Waals surface area contributed by atoms with Gasteiger partial charge in [-0.15, -0.1) is 0 Å². The fourth-order valence-electron chi connectivity index (χ4n) is 1.24. The Balaban J connectivity index is 2.21. The van der Waals surface area contributed by atoms with Crippen LogP contribution in [0.5, 0.6) is 0 Å². The molecule has 0 bridgehead atoms. The van der Waals surface area contributed by atoms with Crippen molar-refractivity contribution in [2.75, 3.05) is 13.1 Å². The van der Waals surface area contributed by atoms with Crippen molar-refractivity contribution in [3.05, 3.63) is 18.0 Å². The zero-order valence-electron chi connectivity index (χ0n) is 10.1. The van der Waals surface area contributed by atoms with Crippen LogP contribution >= 0.6 is 0 Å². The molecule has 1 atom stereocenters. The number of amides is 1. The van der Waals surface area contributed by atoms with Gasteiger partial charge in [0.2, 0.25) is 5.91 Å². The molecule has 0 saturated heterocycles. The number of hydrogen-bond acceptors (Lipinski definition) is 3. The van der Waals surface area contributed by atoms with E-state index in [9.17, 15) is 4.79 Å². The van der Waals surface area contributed by atoms with Gasteiger partial charge in [-0.1, -0.05) is 13.8 Å². The van der Waals surface area contributed by atoms with E-state index < -0.39 is 0 Å². The summed E-state index contributed by atoms with van der Waals surface area (Å²) < 4.78 is 0. The van der Waals surface area contributed by atoms with Crippen LogP contribution in [0.2, 0.25) is 0 Å².